The fourth-order valence-corrected chi connectivity index (χ4v) is 1.27. The summed E-state index contributed by atoms with van der Waals surface area (Å²) in [6.45, 7) is 0.746. The summed E-state index contributed by atoms with van der Waals surface area (Å²) in [6.07, 6.45) is 0.745. The maximum Gasteiger partial charge on any atom is 0.316 e. The summed E-state index contributed by atoms with van der Waals surface area (Å²) in [5.41, 5.74) is 0. The molecule has 1 fully saturated rings. The monoisotopic (exact) mass is 165 g/mol. The zero-order chi connectivity index (χ0) is 7.56. The predicted molar refractivity (Wildman–Crippen MR) is 36.9 cm³/mol. The molecular weight excluding hydrogens is 157 g/mol. The van der Waals surface area contributed by atoms with Crippen molar-refractivity contribution in [2.24, 2.45) is 5.92 Å². The Morgan fingerprint density at radius 3 is 2.80 bits per heavy atom. The molecule has 0 aromatic rings. The van der Waals surface area contributed by atoms with Crippen molar-refractivity contribution in [1.29, 1.82) is 0 Å². The molecule has 0 aromatic heterocycles. The minimum Gasteiger partial charge on any atom is -0.329 e. The number of alkyl halides is 1. The van der Waals surface area contributed by atoms with Gasteiger partial charge in [0.25, 0.3) is 0 Å². The zero-order valence-corrected chi connectivity index (χ0v) is 6.27. The second kappa shape index (κ2) is 3.19. The molecule has 1 rings (SSSR count). The van der Waals surface area contributed by atoms with Gasteiger partial charge >= 0.3 is 5.37 Å². The van der Waals surface area contributed by atoms with Crippen molar-refractivity contribution < 1.29 is 9.18 Å². The molecule has 0 radical (unpaired) electrons. The van der Waals surface area contributed by atoms with Crippen LogP contribution in [0.5, 0.6) is 0 Å². The van der Waals surface area contributed by atoms with Crippen LogP contribution in [0.4, 0.5) is 9.18 Å². The first-order valence-electron chi connectivity index (χ1n) is 3.24. The van der Waals surface area contributed by atoms with Crippen LogP contribution >= 0.6 is 11.6 Å². The van der Waals surface area contributed by atoms with E-state index in [-0.39, 0.29) is 12.6 Å². The molecule has 0 bridgehead atoms. The van der Waals surface area contributed by atoms with Gasteiger partial charge in [-0.1, -0.05) is 0 Å². The first-order valence-corrected chi connectivity index (χ1v) is 3.62. The Balaban J connectivity index is 2.35. The molecule has 0 aliphatic carbocycles. The molecule has 1 atom stereocenters. The summed E-state index contributed by atoms with van der Waals surface area (Å²) in [5.74, 6) is 0.0164. The Labute approximate surface area is 63.9 Å². The number of hydrogen-bond donors (Lipinski definition) is 0. The molecule has 1 amide bonds. The standard InChI is InChI=1S/C6H9ClFNO/c7-6(10)9-2-1-5(3-8)4-9/h5H,1-4H2. The molecule has 10 heavy (non-hydrogen) atoms. The van der Waals surface area contributed by atoms with Crippen molar-refractivity contribution in [1.82, 2.24) is 4.90 Å². The van der Waals surface area contributed by atoms with Crippen LogP contribution < -0.4 is 0 Å². The quantitative estimate of drug-likeness (QED) is 0.427. The summed E-state index contributed by atoms with van der Waals surface area (Å²) >= 11 is 5.17. The lowest BCUT2D eigenvalue weighted by Crippen LogP contribution is -2.23. The SMILES string of the molecule is O=C(Cl)N1CCC(CF)C1. The minimum atomic E-state index is -0.462. The molecular formula is C6H9ClFNO. The normalized spacial score (nSPS) is 25.4. The van der Waals surface area contributed by atoms with Crippen molar-refractivity contribution in [2.75, 3.05) is 19.8 Å². The van der Waals surface area contributed by atoms with Gasteiger partial charge in [0.15, 0.2) is 0 Å². The number of nitrogens with zero attached hydrogens (tertiary/aromatic N) is 1. The first-order chi connectivity index (χ1) is 4.74. The van der Waals surface area contributed by atoms with Crippen molar-refractivity contribution in [3.8, 4) is 0 Å². The Hall–Kier alpha value is -0.310. The molecule has 1 saturated heterocycles. The van der Waals surface area contributed by atoms with Gasteiger partial charge in [0.2, 0.25) is 0 Å². The predicted octanol–water partition coefficient (Wildman–Crippen LogP) is 1.64. The van der Waals surface area contributed by atoms with Crippen molar-refractivity contribution in [3.05, 3.63) is 0 Å². The highest BCUT2D eigenvalue weighted by Crippen LogP contribution is 2.17. The summed E-state index contributed by atoms with van der Waals surface area (Å²) in [6, 6.07) is 0. The lowest BCUT2D eigenvalue weighted by molar-refractivity contribution is 0.229. The van der Waals surface area contributed by atoms with Gasteiger partial charge in [0, 0.05) is 19.0 Å². The van der Waals surface area contributed by atoms with E-state index >= 15 is 0 Å². The molecule has 2 nitrogen and oxygen atoms in total. The fourth-order valence-electron chi connectivity index (χ4n) is 1.12. The highest BCUT2D eigenvalue weighted by Gasteiger charge is 2.24. The first kappa shape index (κ1) is 7.79. The largest absolute Gasteiger partial charge is 0.329 e. The summed E-state index contributed by atoms with van der Waals surface area (Å²) in [5, 5.41) is -0.462. The highest BCUT2D eigenvalue weighted by molar-refractivity contribution is 6.62. The average molecular weight is 166 g/mol. The maximum atomic E-state index is 12.0. The maximum absolute atomic E-state index is 12.0. The van der Waals surface area contributed by atoms with Gasteiger partial charge < -0.3 is 4.90 Å². The van der Waals surface area contributed by atoms with Crippen LogP contribution in [-0.2, 0) is 0 Å². The van der Waals surface area contributed by atoms with Gasteiger partial charge in [0.1, 0.15) is 0 Å². The van der Waals surface area contributed by atoms with E-state index in [0.29, 0.717) is 13.1 Å². The molecule has 0 N–H and O–H groups in total. The summed E-state index contributed by atoms with van der Waals surface area (Å²) in [7, 11) is 0. The Morgan fingerprint density at radius 1 is 1.80 bits per heavy atom. The van der Waals surface area contributed by atoms with Gasteiger partial charge in [-0.2, -0.15) is 0 Å². The van der Waals surface area contributed by atoms with E-state index in [0.717, 1.165) is 6.42 Å². The van der Waals surface area contributed by atoms with E-state index in [9.17, 15) is 9.18 Å². The van der Waals surface area contributed by atoms with Gasteiger partial charge in [-0.05, 0) is 18.0 Å². The Bertz CT molecular complexity index is 142. The van der Waals surface area contributed by atoms with Crippen molar-refractivity contribution >= 4 is 17.0 Å². The summed E-state index contributed by atoms with van der Waals surface area (Å²) in [4.78, 5) is 11.9. The number of carbonyl (C=O) groups excluding carboxylic acids is 1. The third kappa shape index (κ3) is 1.59. The molecule has 1 unspecified atom stereocenters. The van der Waals surface area contributed by atoms with Gasteiger partial charge in [0.05, 0.1) is 6.67 Å². The number of hydrogen-bond acceptors (Lipinski definition) is 1. The van der Waals surface area contributed by atoms with Crippen molar-refractivity contribution in [3.63, 3.8) is 0 Å². The number of halogens is 2. The molecule has 0 saturated carbocycles. The van der Waals surface area contributed by atoms with Crippen LogP contribution in [0.1, 0.15) is 6.42 Å². The average Bonchev–Trinajstić information content (AvgIpc) is 2.34. The number of likely N-dealkylation sites (tertiary alicyclic amines) is 1. The van der Waals surface area contributed by atoms with Crippen LogP contribution in [0.25, 0.3) is 0 Å². The van der Waals surface area contributed by atoms with Crippen LogP contribution in [0.15, 0.2) is 0 Å². The molecule has 0 spiro atoms. The summed E-state index contributed by atoms with van der Waals surface area (Å²) < 4.78 is 12.0. The molecule has 4 heteroatoms. The Morgan fingerprint density at radius 2 is 2.50 bits per heavy atom. The topological polar surface area (TPSA) is 20.3 Å². The second-order valence-electron chi connectivity index (χ2n) is 2.51. The van der Waals surface area contributed by atoms with E-state index in [2.05, 4.69) is 0 Å². The number of rotatable bonds is 1. The van der Waals surface area contributed by atoms with Crippen LogP contribution in [-0.4, -0.2) is 30.0 Å². The smallest absolute Gasteiger partial charge is 0.316 e. The van der Waals surface area contributed by atoms with E-state index in [1.165, 1.54) is 4.90 Å². The molecule has 1 aliphatic rings. The van der Waals surface area contributed by atoms with Gasteiger partial charge in [-0.3, -0.25) is 9.18 Å². The van der Waals surface area contributed by atoms with Crippen LogP contribution in [0.3, 0.4) is 0 Å². The second-order valence-corrected chi connectivity index (χ2v) is 2.83. The molecule has 1 aliphatic heterocycles. The zero-order valence-electron chi connectivity index (χ0n) is 5.52. The van der Waals surface area contributed by atoms with Gasteiger partial charge in [-0.15, -0.1) is 0 Å². The fraction of sp³-hybridized carbons (Fsp3) is 0.833. The van der Waals surface area contributed by atoms with Crippen LogP contribution in [0.2, 0.25) is 0 Å². The third-order valence-electron chi connectivity index (χ3n) is 1.75. The minimum absolute atomic E-state index is 0.0164. The molecule has 1 heterocycles. The highest BCUT2D eigenvalue weighted by atomic mass is 35.5. The number of carbonyl (C=O) groups is 1. The van der Waals surface area contributed by atoms with Crippen LogP contribution in [0, 0.1) is 5.92 Å². The van der Waals surface area contributed by atoms with E-state index < -0.39 is 5.37 Å². The van der Waals surface area contributed by atoms with E-state index in [1.807, 2.05) is 0 Å². The molecule has 0 aromatic carbocycles. The lowest BCUT2D eigenvalue weighted by atomic mass is 10.1. The van der Waals surface area contributed by atoms with E-state index in [4.69, 9.17) is 11.6 Å². The number of amides is 1. The lowest BCUT2D eigenvalue weighted by Gasteiger charge is -2.09. The van der Waals surface area contributed by atoms with Gasteiger partial charge in [-0.25, -0.2) is 0 Å². The third-order valence-corrected chi connectivity index (χ3v) is 1.99. The molecule has 58 valence electrons. The Kier molecular flexibility index (Phi) is 2.49. The van der Waals surface area contributed by atoms with Crippen molar-refractivity contribution in [2.45, 2.75) is 6.42 Å². The van der Waals surface area contributed by atoms with E-state index in [1.54, 1.807) is 0 Å².